The van der Waals surface area contributed by atoms with Crippen LogP contribution < -0.4 is 21.7 Å². The summed E-state index contributed by atoms with van der Waals surface area (Å²) in [7, 11) is 0. The Hall–Kier alpha value is -4.34. The van der Waals surface area contributed by atoms with Crippen LogP contribution in [0.4, 0.5) is 4.79 Å². The molecule has 34 heavy (non-hydrogen) atoms. The van der Waals surface area contributed by atoms with Crippen LogP contribution in [0.3, 0.4) is 0 Å². The fourth-order valence-electron chi connectivity index (χ4n) is 3.79. The molecule has 0 saturated heterocycles. The van der Waals surface area contributed by atoms with E-state index in [4.69, 9.17) is 5.73 Å². The number of carboxylic acid groups (broad SMARTS) is 1. The largest absolute Gasteiger partial charge is 0.465 e. The SMILES string of the molecule is CC(Cc1ccccc1)(NC(=O)C(Cc1c[nH]c2ccccc12)NC(=O)O)C(=O)NCC(N)=O. The average Bonchev–Trinajstić information content (AvgIpc) is 3.20. The number of aromatic amines is 1. The van der Waals surface area contributed by atoms with Gasteiger partial charge in [0.1, 0.15) is 11.6 Å². The van der Waals surface area contributed by atoms with Crippen LogP contribution in [0.2, 0.25) is 0 Å². The zero-order valence-corrected chi connectivity index (χ0v) is 18.6. The van der Waals surface area contributed by atoms with Crippen LogP contribution in [0, 0.1) is 0 Å². The summed E-state index contributed by atoms with van der Waals surface area (Å²) in [5, 5.41) is 17.6. The van der Waals surface area contributed by atoms with Gasteiger partial charge in [-0.1, -0.05) is 48.5 Å². The maximum absolute atomic E-state index is 13.3. The standard InChI is InChI=1S/C24H27N5O5/c1-24(22(32)27-14-20(25)30,12-15-7-3-2-4-8-15)29-21(31)19(28-23(33)34)11-16-13-26-18-10-6-5-9-17(16)18/h2-10,13,19,26,28H,11-12,14H2,1H3,(H2,25,30)(H,27,32)(H,29,31)(H,33,34). The van der Waals surface area contributed by atoms with E-state index in [1.807, 2.05) is 30.3 Å². The third-order valence-electron chi connectivity index (χ3n) is 5.44. The van der Waals surface area contributed by atoms with Gasteiger partial charge in [0.2, 0.25) is 17.7 Å². The first kappa shape index (κ1) is 24.3. The topological polar surface area (TPSA) is 166 Å². The van der Waals surface area contributed by atoms with Crippen molar-refractivity contribution in [3.63, 3.8) is 0 Å². The molecule has 10 nitrogen and oxygen atoms in total. The molecule has 1 heterocycles. The van der Waals surface area contributed by atoms with Gasteiger partial charge in [0.15, 0.2) is 0 Å². The quantitative estimate of drug-likeness (QED) is 0.263. The minimum absolute atomic E-state index is 0.0620. The van der Waals surface area contributed by atoms with E-state index in [1.165, 1.54) is 6.92 Å². The normalized spacial score (nSPS) is 13.4. The van der Waals surface area contributed by atoms with E-state index in [0.717, 1.165) is 22.0 Å². The number of nitrogens with two attached hydrogens (primary N) is 1. The fraction of sp³-hybridized carbons (Fsp3) is 0.250. The van der Waals surface area contributed by atoms with Crippen LogP contribution in [-0.4, -0.2) is 52.0 Å². The highest BCUT2D eigenvalue weighted by Gasteiger charge is 2.37. The van der Waals surface area contributed by atoms with E-state index >= 15 is 0 Å². The lowest BCUT2D eigenvalue weighted by Crippen LogP contribution is -2.62. The second-order valence-corrected chi connectivity index (χ2v) is 8.20. The number of fused-ring (bicyclic) bond motifs is 1. The monoisotopic (exact) mass is 465 g/mol. The highest BCUT2D eigenvalue weighted by Crippen LogP contribution is 2.20. The molecule has 0 bridgehead atoms. The van der Waals surface area contributed by atoms with Gasteiger partial charge >= 0.3 is 6.09 Å². The first-order chi connectivity index (χ1) is 16.2. The summed E-state index contributed by atoms with van der Waals surface area (Å²) in [5.41, 5.74) is 6.02. The van der Waals surface area contributed by atoms with E-state index in [0.29, 0.717) is 0 Å². The van der Waals surface area contributed by atoms with Crippen molar-refractivity contribution in [3.8, 4) is 0 Å². The molecule has 2 aromatic carbocycles. The van der Waals surface area contributed by atoms with Crippen molar-refractivity contribution in [1.82, 2.24) is 20.9 Å². The van der Waals surface area contributed by atoms with Crippen LogP contribution in [0.25, 0.3) is 10.9 Å². The van der Waals surface area contributed by atoms with Crippen molar-refractivity contribution >= 4 is 34.7 Å². The van der Waals surface area contributed by atoms with Crippen molar-refractivity contribution in [2.45, 2.75) is 31.3 Å². The molecule has 0 radical (unpaired) electrons. The Kier molecular flexibility index (Phi) is 7.52. The summed E-state index contributed by atoms with van der Waals surface area (Å²) in [6.45, 7) is 1.11. The molecule has 0 aliphatic rings. The molecule has 0 spiro atoms. The Morgan fingerprint density at radius 1 is 1.06 bits per heavy atom. The molecule has 2 unspecified atom stereocenters. The number of hydrogen-bond donors (Lipinski definition) is 6. The summed E-state index contributed by atoms with van der Waals surface area (Å²) < 4.78 is 0. The minimum Gasteiger partial charge on any atom is -0.465 e. The summed E-state index contributed by atoms with van der Waals surface area (Å²) >= 11 is 0. The second kappa shape index (κ2) is 10.5. The summed E-state index contributed by atoms with van der Waals surface area (Å²) in [6.07, 6.45) is 0.517. The van der Waals surface area contributed by atoms with Crippen molar-refractivity contribution < 1.29 is 24.3 Å². The van der Waals surface area contributed by atoms with E-state index in [1.54, 1.807) is 30.5 Å². The highest BCUT2D eigenvalue weighted by atomic mass is 16.4. The molecule has 2 atom stereocenters. The molecule has 0 saturated carbocycles. The first-order valence-electron chi connectivity index (χ1n) is 10.6. The van der Waals surface area contributed by atoms with E-state index in [-0.39, 0.29) is 12.8 Å². The molecule has 10 heteroatoms. The van der Waals surface area contributed by atoms with Gasteiger partial charge < -0.3 is 31.8 Å². The number of aromatic nitrogens is 1. The number of rotatable bonds is 10. The number of H-pyrrole nitrogens is 1. The first-order valence-corrected chi connectivity index (χ1v) is 10.6. The lowest BCUT2D eigenvalue weighted by molar-refractivity contribution is -0.134. The van der Waals surface area contributed by atoms with Gasteiger partial charge in [-0.2, -0.15) is 0 Å². The molecular weight excluding hydrogens is 438 g/mol. The lowest BCUT2D eigenvalue weighted by Gasteiger charge is -2.31. The van der Waals surface area contributed by atoms with E-state index < -0.39 is 41.9 Å². The predicted octanol–water partition coefficient (Wildman–Crippen LogP) is 1.07. The molecule has 0 fully saturated rings. The minimum atomic E-state index is -1.48. The second-order valence-electron chi connectivity index (χ2n) is 8.20. The number of para-hydroxylation sites is 1. The smallest absolute Gasteiger partial charge is 0.405 e. The number of primary amides is 1. The number of carbonyl (C=O) groups is 4. The van der Waals surface area contributed by atoms with Gasteiger partial charge in [-0.15, -0.1) is 0 Å². The van der Waals surface area contributed by atoms with Crippen LogP contribution in [0.15, 0.2) is 60.8 Å². The maximum atomic E-state index is 13.3. The zero-order valence-electron chi connectivity index (χ0n) is 18.6. The fourth-order valence-corrected chi connectivity index (χ4v) is 3.79. The number of carbonyl (C=O) groups excluding carboxylic acids is 3. The maximum Gasteiger partial charge on any atom is 0.405 e. The van der Waals surface area contributed by atoms with Gasteiger partial charge in [0.25, 0.3) is 0 Å². The zero-order chi connectivity index (χ0) is 24.7. The summed E-state index contributed by atoms with van der Waals surface area (Å²) in [5.74, 6) is -2.03. The van der Waals surface area contributed by atoms with Crippen molar-refractivity contribution in [2.24, 2.45) is 5.73 Å². The van der Waals surface area contributed by atoms with Crippen LogP contribution in [0.5, 0.6) is 0 Å². The highest BCUT2D eigenvalue weighted by molar-refractivity contribution is 5.96. The Balaban J connectivity index is 1.86. The van der Waals surface area contributed by atoms with E-state index in [2.05, 4.69) is 20.9 Å². The van der Waals surface area contributed by atoms with Gasteiger partial charge in [-0.3, -0.25) is 14.4 Å². The average molecular weight is 466 g/mol. The third kappa shape index (κ3) is 6.12. The third-order valence-corrected chi connectivity index (χ3v) is 5.44. The molecule has 178 valence electrons. The molecule has 7 N–H and O–H groups in total. The molecule has 3 aromatic rings. The molecule has 0 aliphatic carbocycles. The predicted molar refractivity (Wildman–Crippen MR) is 126 cm³/mol. The summed E-state index contributed by atoms with van der Waals surface area (Å²) in [4.78, 5) is 52.0. The van der Waals surface area contributed by atoms with Crippen LogP contribution >= 0.6 is 0 Å². The Morgan fingerprint density at radius 3 is 2.41 bits per heavy atom. The van der Waals surface area contributed by atoms with Gasteiger partial charge in [0, 0.05) is 29.9 Å². The molecule has 0 aliphatic heterocycles. The number of hydrogen-bond acceptors (Lipinski definition) is 4. The lowest BCUT2D eigenvalue weighted by atomic mass is 9.90. The van der Waals surface area contributed by atoms with Crippen LogP contribution in [0.1, 0.15) is 18.1 Å². The Labute approximate surface area is 195 Å². The van der Waals surface area contributed by atoms with Gasteiger partial charge in [-0.25, -0.2) is 4.79 Å². The van der Waals surface area contributed by atoms with Gasteiger partial charge in [0.05, 0.1) is 6.54 Å². The molecule has 3 rings (SSSR count). The van der Waals surface area contributed by atoms with Crippen molar-refractivity contribution in [2.75, 3.05) is 6.54 Å². The Bertz CT molecular complexity index is 1190. The van der Waals surface area contributed by atoms with Crippen molar-refractivity contribution in [1.29, 1.82) is 0 Å². The molecule has 4 amide bonds. The molecule has 1 aromatic heterocycles. The van der Waals surface area contributed by atoms with Crippen LogP contribution in [-0.2, 0) is 27.2 Å². The number of benzene rings is 2. The molecular formula is C24H27N5O5. The number of nitrogens with one attached hydrogen (secondary N) is 4. The van der Waals surface area contributed by atoms with E-state index in [9.17, 15) is 24.3 Å². The number of amides is 4. The summed E-state index contributed by atoms with van der Waals surface area (Å²) in [6, 6.07) is 15.3. The van der Waals surface area contributed by atoms with Crippen molar-refractivity contribution in [3.05, 3.63) is 71.9 Å². The Morgan fingerprint density at radius 2 is 1.74 bits per heavy atom. The van der Waals surface area contributed by atoms with Gasteiger partial charge in [-0.05, 0) is 24.1 Å².